The summed E-state index contributed by atoms with van der Waals surface area (Å²) in [4.78, 5) is 12.3. The van der Waals surface area contributed by atoms with Crippen molar-refractivity contribution < 1.29 is 9.15 Å². The third kappa shape index (κ3) is 1.94. The van der Waals surface area contributed by atoms with Crippen LogP contribution in [0.25, 0.3) is 11.1 Å². The van der Waals surface area contributed by atoms with Crippen LogP contribution in [0.4, 0.5) is 0 Å². The minimum absolute atomic E-state index is 0.312. The van der Waals surface area contributed by atoms with Crippen LogP contribution in [-0.2, 0) is 6.61 Å². The number of ether oxygens (including phenoxy) is 1. The summed E-state index contributed by atoms with van der Waals surface area (Å²) in [6.45, 7) is 0.312. The van der Waals surface area contributed by atoms with Gasteiger partial charge in [0.1, 0.15) is 12.4 Å². The molecule has 3 aromatic rings. The van der Waals surface area contributed by atoms with Crippen LogP contribution in [0.2, 0.25) is 0 Å². The number of rotatable bonds is 3. The largest absolute Gasteiger partial charge is 0.483 e. The highest BCUT2D eigenvalue weighted by molar-refractivity contribution is 5.79. The highest BCUT2D eigenvalue weighted by Crippen LogP contribution is 2.24. The van der Waals surface area contributed by atoms with E-state index in [2.05, 4.69) is 15.0 Å². The Morgan fingerprint density at radius 2 is 1.94 bits per heavy atom. The van der Waals surface area contributed by atoms with Crippen molar-refractivity contribution >= 4 is 11.1 Å². The van der Waals surface area contributed by atoms with Gasteiger partial charge in [-0.2, -0.15) is 0 Å². The average Bonchev–Trinajstić information content (AvgIpc) is 2.86. The SMILES string of the molecule is c1cnc(COc2cccc3ocnc23)nc1. The summed E-state index contributed by atoms with van der Waals surface area (Å²) in [6, 6.07) is 7.30. The van der Waals surface area contributed by atoms with Gasteiger partial charge in [0, 0.05) is 12.4 Å². The van der Waals surface area contributed by atoms with E-state index in [0.717, 1.165) is 0 Å². The van der Waals surface area contributed by atoms with E-state index in [9.17, 15) is 0 Å². The molecule has 0 aliphatic rings. The molecule has 0 atom stereocenters. The normalized spacial score (nSPS) is 10.6. The molecule has 0 radical (unpaired) electrons. The molecule has 3 rings (SSSR count). The lowest BCUT2D eigenvalue weighted by Gasteiger charge is -2.04. The number of fused-ring (bicyclic) bond motifs is 1. The summed E-state index contributed by atoms with van der Waals surface area (Å²) < 4.78 is 10.8. The van der Waals surface area contributed by atoms with E-state index in [1.165, 1.54) is 6.39 Å². The smallest absolute Gasteiger partial charge is 0.182 e. The monoisotopic (exact) mass is 227 g/mol. The van der Waals surface area contributed by atoms with Crippen LogP contribution in [-0.4, -0.2) is 15.0 Å². The first-order valence-corrected chi connectivity index (χ1v) is 5.14. The number of aromatic nitrogens is 3. The van der Waals surface area contributed by atoms with E-state index < -0.39 is 0 Å². The van der Waals surface area contributed by atoms with Gasteiger partial charge in [-0.1, -0.05) is 6.07 Å². The zero-order chi connectivity index (χ0) is 11.5. The number of para-hydroxylation sites is 1. The van der Waals surface area contributed by atoms with E-state index in [0.29, 0.717) is 29.3 Å². The predicted molar refractivity (Wildman–Crippen MR) is 60.4 cm³/mol. The third-order valence-electron chi connectivity index (χ3n) is 2.30. The fourth-order valence-electron chi connectivity index (χ4n) is 1.52. The quantitative estimate of drug-likeness (QED) is 0.686. The summed E-state index contributed by atoms with van der Waals surface area (Å²) in [7, 11) is 0. The Balaban J connectivity index is 1.84. The Morgan fingerprint density at radius 3 is 2.82 bits per heavy atom. The first-order chi connectivity index (χ1) is 8.43. The summed E-state index contributed by atoms with van der Waals surface area (Å²) in [6.07, 6.45) is 4.77. The number of benzene rings is 1. The Morgan fingerprint density at radius 1 is 1.06 bits per heavy atom. The predicted octanol–water partition coefficient (Wildman–Crippen LogP) is 2.20. The van der Waals surface area contributed by atoms with Gasteiger partial charge in [-0.15, -0.1) is 0 Å². The topological polar surface area (TPSA) is 61.0 Å². The maximum atomic E-state index is 5.62. The molecular formula is C12H9N3O2. The summed E-state index contributed by atoms with van der Waals surface area (Å²) in [5.74, 6) is 1.30. The van der Waals surface area contributed by atoms with Crippen molar-refractivity contribution in [3.8, 4) is 5.75 Å². The first kappa shape index (κ1) is 9.77. The molecule has 0 saturated carbocycles. The Labute approximate surface area is 97.1 Å². The van der Waals surface area contributed by atoms with Gasteiger partial charge >= 0.3 is 0 Å². The average molecular weight is 227 g/mol. The molecule has 0 spiro atoms. The first-order valence-electron chi connectivity index (χ1n) is 5.14. The molecule has 1 aromatic carbocycles. The summed E-state index contributed by atoms with van der Waals surface area (Å²) in [5.41, 5.74) is 1.42. The van der Waals surface area contributed by atoms with Crippen LogP contribution in [0, 0.1) is 0 Å². The maximum absolute atomic E-state index is 5.62. The van der Waals surface area contributed by atoms with Crippen LogP contribution >= 0.6 is 0 Å². The lowest BCUT2D eigenvalue weighted by atomic mass is 10.3. The van der Waals surface area contributed by atoms with Gasteiger partial charge in [-0.25, -0.2) is 15.0 Å². The molecule has 0 amide bonds. The molecule has 5 nitrogen and oxygen atoms in total. The van der Waals surface area contributed by atoms with Crippen LogP contribution < -0.4 is 4.74 Å². The lowest BCUT2D eigenvalue weighted by Crippen LogP contribution is -2.00. The van der Waals surface area contributed by atoms with Crippen LogP contribution in [0.15, 0.2) is 47.5 Å². The lowest BCUT2D eigenvalue weighted by molar-refractivity contribution is 0.299. The van der Waals surface area contributed by atoms with Gasteiger partial charge in [0.05, 0.1) is 0 Å². The molecule has 84 valence electrons. The minimum atomic E-state index is 0.312. The van der Waals surface area contributed by atoms with E-state index in [4.69, 9.17) is 9.15 Å². The number of hydrogen-bond acceptors (Lipinski definition) is 5. The van der Waals surface area contributed by atoms with E-state index >= 15 is 0 Å². The molecule has 2 aromatic heterocycles. The third-order valence-corrected chi connectivity index (χ3v) is 2.30. The molecular weight excluding hydrogens is 218 g/mol. The number of nitrogens with zero attached hydrogens (tertiary/aromatic N) is 3. The molecule has 0 bridgehead atoms. The number of hydrogen-bond donors (Lipinski definition) is 0. The van der Waals surface area contributed by atoms with Gasteiger partial charge in [0.25, 0.3) is 0 Å². The van der Waals surface area contributed by atoms with Crippen LogP contribution in [0.5, 0.6) is 5.75 Å². The van der Waals surface area contributed by atoms with Crippen molar-refractivity contribution in [1.29, 1.82) is 0 Å². The van der Waals surface area contributed by atoms with Gasteiger partial charge < -0.3 is 9.15 Å². The number of oxazole rings is 1. The molecule has 0 N–H and O–H groups in total. The van der Waals surface area contributed by atoms with E-state index in [1.807, 2.05) is 18.2 Å². The molecule has 0 fully saturated rings. The van der Waals surface area contributed by atoms with Crippen molar-refractivity contribution in [2.24, 2.45) is 0 Å². The molecule has 5 heteroatoms. The fourth-order valence-corrected chi connectivity index (χ4v) is 1.52. The summed E-state index contributed by atoms with van der Waals surface area (Å²) in [5, 5.41) is 0. The van der Waals surface area contributed by atoms with Gasteiger partial charge in [0.2, 0.25) is 0 Å². The van der Waals surface area contributed by atoms with Crippen molar-refractivity contribution in [2.75, 3.05) is 0 Å². The Kier molecular flexibility index (Phi) is 2.42. The highest BCUT2D eigenvalue weighted by atomic mass is 16.5. The van der Waals surface area contributed by atoms with Gasteiger partial charge in [-0.3, -0.25) is 0 Å². The zero-order valence-electron chi connectivity index (χ0n) is 8.91. The molecule has 0 unspecified atom stereocenters. The van der Waals surface area contributed by atoms with Crippen molar-refractivity contribution in [2.45, 2.75) is 6.61 Å². The van der Waals surface area contributed by atoms with Gasteiger partial charge in [0.15, 0.2) is 23.3 Å². The molecule has 17 heavy (non-hydrogen) atoms. The zero-order valence-corrected chi connectivity index (χ0v) is 8.91. The van der Waals surface area contributed by atoms with Crippen LogP contribution in [0.1, 0.15) is 5.82 Å². The Hall–Kier alpha value is -2.43. The van der Waals surface area contributed by atoms with Crippen molar-refractivity contribution in [3.05, 3.63) is 48.9 Å². The second kappa shape index (κ2) is 4.21. The molecule has 0 aliphatic heterocycles. The van der Waals surface area contributed by atoms with Crippen LogP contribution in [0.3, 0.4) is 0 Å². The highest BCUT2D eigenvalue weighted by Gasteiger charge is 2.06. The second-order valence-corrected chi connectivity index (χ2v) is 3.41. The van der Waals surface area contributed by atoms with Crippen molar-refractivity contribution in [3.63, 3.8) is 0 Å². The van der Waals surface area contributed by atoms with E-state index in [-0.39, 0.29) is 0 Å². The molecule has 0 saturated heterocycles. The molecule has 0 aliphatic carbocycles. The van der Waals surface area contributed by atoms with Gasteiger partial charge in [-0.05, 0) is 18.2 Å². The fraction of sp³-hybridized carbons (Fsp3) is 0.0833. The van der Waals surface area contributed by atoms with Crippen molar-refractivity contribution in [1.82, 2.24) is 15.0 Å². The minimum Gasteiger partial charge on any atom is -0.483 e. The van der Waals surface area contributed by atoms with E-state index in [1.54, 1.807) is 18.5 Å². The standard InChI is InChI=1S/C12H9N3O2/c1-3-9(12-10(4-1)17-8-15-12)16-7-11-13-5-2-6-14-11/h1-6,8H,7H2. The maximum Gasteiger partial charge on any atom is 0.182 e. The second-order valence-electron chi connectivity index (χ2n) is 3.41. The Bertz CT molecular complexity index is 622. The molecule has 2 heterocycles. The summed E-state index contributed by atoms with van der Waals surface area (Å²) >= 11 is 0.